The zero-order valence-corrected chi connectivity index (χ0v) is 10.7. The van der Waals surface area contributed by atoms with E-state index in [9.17, 15) is 4.79 Å². The van der Waals surface area contributed by atoms with Crippen molar-refractivity contribution < 1.29 is 9.53 Å². The van der Waals surface area contributed by atoms with Crippen molar-refractivity contribution in [1.82, 2.24) is 5.32 Å². The summed E-state index contributed by atoms with van der Waals surface area (Å²) in [5.41, 5.74) is 7.48. The molecule has 1 aliphatic heterocycles. The molecule has 2 unspecified atom stereocenters. The summed E-state index contributed by atoms with van der Waals surface area (Å²) in [6.45, 7) is 3.28. The van der Waals surface area contributed by atoms with Gasteiger partial charge in [0.25, 0.3) is 0 Å². The van der Waals surface area contributed by atoms with Crippen LogP contribution in [-0.4, -0.2) is 19.1 Å². The maximum absolute atomic E-state index is 12.0. The average Bonchev–Trinajstić information content (AvgIpc) is 2.39. The van der Waals surface area contributed by atoms with Crippen LogP contribution in [0.4, 0.5) is 5.69 Å². The van der Waals surface area contributed by atoms with Gasteiger partial charge >= 0.3 is 0 Å². The summed E-state index contributed by atoms with van der Waals surface area (Å²) in [5.74, 6) is 0.0619. The highest BCUT2D eigenvalue weighted by Gasteiger charge is 2.23. The Labute approximate surface area is 108 Å². The van der Waals surface area contributed by atoms with Gasteiger partial charge in [0.2, 0.25) is 5.91 Å². The second kappa shape index (κ2) is 5.87. The fraction of sp³-hybridized carbons (Fsp3) is 0.500. The predicted molar refractivity (Wildman–Crippen MR) is 71.0 cm³/mol. The number of nitrogens with two attached hydrogens (primary N) is 1. The zero-order chi connectivity index (χ0) is 13.0. The van der Waals surface area contributed by atoms with E-state index in [1.54, 1.807) is 0 Å². The van der Waals surface area contributed by atoms with Crippen LogP contribution in [-0.2, 0) is 9.53 Å². The van der Waals surface area contributed by atoms with Crippen molar-refractivity contribution in [2.45, 2.75) is 25.8 Å². The number of benzene rings is 1. The number of nitrogens with one attached hydrogen (secondary N) is 1. The molecule has 2 rings (SSSR count). The summed E-state index contributed by atoms with van der Waals surface area (Å²) in [7, 11) is 0. The highest BCUT2D eigenvalue weighted by atomic mass is 16.5. The molecule has 0 radical (unpaired) electrons. The summed E-state index contributed by atoms with van der Waals surface area (Å²) >= 11 is 0. The molecule has 1 amide bonds. The Bertz CT molecular complexity index is 414. The third-order valence-corrected chi connectivity index (χ3v) is 3.30. The van der Waals surface area contributed by atoms with Crippen LogP contribution in [0.25, 0.3) is 0 Å². The molecular weight excluding hydrogens is 228 g/mol. The fourth-order valence-corrected chi connectivity index (χ4v) is 2.19. The molecule has 98 valence electrons. The number of hydrogen-bond donors (Lipinski definition) is 2. The van der Waals surface area contributed by atoms with Crippen molar-refractivity contribution in [1.29, 1.82) is 0 Å². The minimum atomic E-state index is -0.0251. The summed E-state index contributed by atoms with van der Waals surface area (Å²) in [6, 6.07) is 7.58. The average molecular weight is 248 g/mol. The van der Waals surface area contributed by atoms with Crippen molar-refractivity contribution in [3.05, 3.63) is 29.8 Å². The fourth-order valence-electron chi connectivity index (χ4n) is 2.19. The summed E-state index contributed by atoms with van der Waals surface area (Å²) < 4.78 is 5.33. The van der Waals surface area contributed by atoms with Crippen LogP contribution >= 0.6 is 0 Å². The lowest BCUT2D eigenvalue weighted by Gasteiger charge is -2.23. The van der Waals surface area contributed by atoms with Gasteiger partial charge in [-0.25, -0.2) is 0 Å². The van der Waals surface area contributed by atoms with Gasteiger partial charge in [0.15, 0.2) is 0 Å². The van der Waals surface area contributed by atoms with Crippen molar-refractivity contribution >= 4 is 11.6 Å². The van der Waals surface area contributed by atoms with Crippen molar-refractivity contribution in [2.75, 3.05) is 18.9 Å². The first-order valence-corrected chi connectivity index (χ1v) is 6.40. The van der Waals surface area contributed by atoms with Gasteiger partial charge in [-0.1, -0.05) is 12.1 Å². The van der Waals surface area contributed by atoms with E-state index >= 15 is 0 Å². The standard InChI is InChI=1S/C14H20N2O2/c1-10(11-4-2-6-13(15)8-11)16-14(17)12-5-3-7-18-9-12/h2,4,6,8,10,12H,3,5,7,9,15H2,1H3,(H,16,17). The van der Waals surface area contributed by atoms with E-state index in [1.165, 1.54) is 0 Å². The molecule has 1 saturated heterocycles. The molecule has 0 bridgehead atoms. The molecule has 4 nitrogen and oxygen atoms in total. The maximum atomic E-state index is 12.0. The van der Waals surface area contributed by atoms with E-state index in [2.05, 4.69) is 5.32 Å². The number of hydrogen-bond acceptors (Lipinski definition) is 3. The van der Waals surface area contributed by atoms with Gasteiger partial charge in [0.05, 0.1) is 18.6 Å². The smallest absolute Gasteiger partial charge is 0.225 e. The lowest BCUT2D eigenvalue weighted by atomic mass is 10.00. The van der Waals surface area contributed by atoms with Gasteiger partial charge in [0, 0.05) is 12.3 Å². The van der Waals surface area contributed by atoms with Crippen LogP contribution in [0, 0.1) is 5.92 Å². The van der Waals surface area contributed by atoms with Gasteiger partial charge in [-0.15, -0.1) is 0 Å². The van der Waals surface area contributed by atoms with Gasteiger partial charge in [-0.2, -0.15) is 0 Å². The Morgan fingerprint density at radius 1 is 1.56 bits per heavy atom. The Morgan fingerprint density at radius 3 is 3.06 bits per heavy atom. The molecule has 4 heteroatoms. The van der Waals surface area contributed by atoms with Crippen molar-refractivity contribution in [3.63, 3.8) is 0 Å². The Hall–Kier alpha value is -1.55. The number of ether oxygens (including phenoxy) is 1. The van der Waals surface area contributed by atoms with Crippen LogP contribution in [0.1, 0.15) is 31.4 Å². The molecular formula is C14H20N2O2. The van der Waals surface area contributed by atoms with Gasteiger partial charge in [0.1, 0.15) is 0 Å². The summed E-state index contributed by atoms with van der Waals surface area (Å²) in [5, 5.41) is 3.02. The highest BCUT2D eigenvalue weighted by Crippen LogP contribution is 2.18. The summed E-state index contributed by atoms with van der Waals surface area (Å²) in [4.78, 5) is 12.0. The third-order valence-electron chi connectivity index (χ3n) is 3.30. The number of carbonyl (C=O) groups excluding carboxylic acids is 1. The first-order valence-electron chi connectivity index (χ1n) is 6.40. The SMILES string of the molecule is CC(NC(=O)C1CCCOC1)c1cccc(N)c1. The topological polar surface area (TPSA) is 64.3 Å². The molecule has 1 aromatic rings. The molecule has 0 spiro atoms. The Morgan fingerprint density at radius 2 is 2.39 bits per heavy atom. The molecule has 0 saturated carbocycles. The minimum Gasteiger partial charge on any atom is -0.399 e. The van der Waals surface area contributed by atoms with Crippen LogP contribution < -0.4 is 11.1 Å². The predicted octanol–water partition coefficient (Wildman–Crippen LogP) is 1.87. The monoisotopic (exact) mass is 248 g/mol. The largest absolute Gasteiger partial charge is 0.399 e. The Balaban J connectivity index is 1.94. The molecule has 1 heterocycles. The first kappa shape index (κ1) is 12.9. The van der Waals surface area contributed by atoms with E-state index in [0.29, 0.717) is 6.61 Å². The molecule has 0 aromatic heterocycles. The second-order valence-electron chi connectivity index (χ2n) is 4.81. The lowest BCUT2D eigenvalue weighted by molar-refractivity contribution is -0.129. The van der Waals surface area contributed by atoms with E-state index in [-0.39, 0.29) is 17.9 Å². The van der Waals surface area contributed by atoms with Crippen LogP contribution in [0.3, 0.4) is 0 Å². The van der Waals surface area contributed by atoms with E-state index in [0.717, 1.165) is 30.7 Å². The lowest BCUT2D eigenvalue weighted by Crippen LogP contribution is -2.36. The summed E-state index contributed by atoms with van der Waals surface area (Å²) in [6.07, 6.45) is 1.88. The molecule has 0 aliphatic carbocycles. The molecule has 1 aliphatic rings. The van der Waals surface area contributed by atoms with E-state index in [1.807, 2.05) is 31.2 Å². The normalized spacial score (nSPS) is 21.3. The Kier molecular flexibility index (Phi) is 4.20. The van der Waals surface area contributed by atoms with Gasteiger partial charge in [-0.05, 0) is 37.5 Å². The number of carbonyl (C=O) groups is 1. The molecule has 3 N–H and O–H groups in total. The van der Waals surface area contributed by atoms with E-state index in [4.69, 9.17) is 10.5 Å². The zero-order valence-electron chi connectivity index (χ0n) is 10.7. The van der Waals surface area contributed by atoms with Crippen LogP contribution in [0.15, 0.2) is 24.3 Å². The third kappa shape index (κ3) is 3.23. The number of nitrogen functional groups attached to an aromatic ring is 1. The number of rotatable bonds is 3. The highest BCUT2D eigenvalue weighted by molar-refractivity contribution is 5.79. The van der Waals surface area contributed by atoms with Gasteiger partial charge < -0.3 is 15.8 Å². The van der Waals surface area contributed by atoms with Crippen molar-refractivity contribution in [3.8, 4) is 0 Å². The van der Waals surface area contributed by atoms with E-state index < -0.39 is 0 Å². The van der Waals surface area contributed by atoms with Crippen LogP contribution in [0.2, 0.25) is 0 Å². The number of amides is 1. The molecule has 18 heavy (non-hydrogen) atoms. The first-order chi connectivity index (χ1) is 8.66. The molecule has 1 aromatic carbocycles. The second-order valence-corrected chi connectivity index (χ2v) is 4.81. The van der Waals surface area contributed by atoms with Crippen LogP contribution in [0.5, 0.6) is 0 Å². The van der Waals surface area contributed by atoms with Crippen molar-refractivity contribution in [2.24, 2.45) is 5.92 Å². The molecule has 2 atom stereocenters. The minimum absolute atomic E-state index is 0.0118. The van der Waals surface area contributed by atoms with Gasteiger partial charge in [-0.3, -0.25) is 4.79 Å². The molecule has 1 fully saturated rings. The number of anilines is 1. The quantitative estimate of drug-likeness (QED) is 0.803. The maximum Gasteiger partial charge on any atom is 0.225 e.